The van der Waals surface area contributed by atoms with Gasteiger partial charge in [0.15, 0.2) is 0 Å². The molecule has 0 radical (unpaired) electrons. The molecule has 1 aliphatic rings. The molecule has 90 valence electrons. The predicted molar refractivity (Wildman–Crippen MR) is 60.0 cm³/mol. The number of likely N-dealkylation sites (tertiary alicyclic amines) is 1. The average molecular weight is 235 g/mol. The van der Waals surface area contributed by atoms with Crippen LogP contribution in [0.15, 0.2) is 30.3 Å². The number of rotatable bonds is 2. The second kappa shape index (κ2) is 4.45. The van der Waals surface area contributed by atoms with Gasteiger partial charge in [0.2, 0.25) is 0 Å². The number of carboxylic acids is 1. The van der Waals surface area contributed by atoms with Crippen molar-refractivity contribution in [2.75, 3.05) is 6.54 Å². The van der Waals surface area contributed by atoms with Crippen LogP contribution in [-0.2, 0) is 4.79 Å². The van der Waals surface area contributed by atoms with Gasteiger partial charge in [-0.05, 0) is 12.0 Å². The smallest absolute Gasteiger partial charge is 0.408 e. The summed E-state index contributed by atoms with van der Waals surface area (Å²) in [5, 5.41) is 18.0. The predicted octanol–water partition coefficient (Wildman–Crippen LogP) is 1.61. The summed E-state index contributed by atoms with van der Waals surface area (Å²) >= 11 is 0. The molecule has 0 bridgehead atoms. The van der Waals surface area contributed by atoms with Crippen LogP contribution in [0.3, 0.4) is 0 Å². The summed E-state index contributed by atoms with van der Waals surface area (Å²) in [6.07, 6.45) is -0.832. The standard InChI is InChI=1S/C12H13NO4/c14-11(15)10-6-9(7-13(10)12(16)17)8-4-2-1-3-5-8/h1-5,9-10H,6-7H2,(H,14,15)(H,16,17)/t9-,10-/m0/s1. The number of nitrogens with zero attached hydrogens (tertiary/aromatic N) is 1. The number of carboxylic acid groups (broad SMARTS) is 2. The summed E-state index contributed by atoms with van der Waals surface area (Å²) in [7, 11) is 0. The molecule has 0 aliphatic carbocycles. The molecular weight excluding hydrogens is 222 g/mol. The van der Waals surface area contributed by atoms with E-state index >= 15 is 0 Å². The van der Waals surface area contributed by atoms with E-state index in [1.54, 1.807) is 0 Å². The SMILES string of the molecule is O=C(O)[C@@H]1C[C@H](c2ccccc2)CN1C(=O)O. The van der Waals surface area contributed by atoms with Crippen LogP contribution in [0.2, 0.25) is 0 Å². The first-order valence-electron chi connectivity index (χ1n) is 5.37. The molecular formula is C12H13NO4. The van der Waals surface area contributed by atoms with Gasteiger partial charge in [-0.3, -0.25) is 4.90 Å². The van der Waals surface area contributed by atoms with Gasteiger partial charge in [-0.25, -0.2) is 9.59 Å². The van der Waals surface area contributed by atoms with E-state index in [4.69, 9.17) is 10.2 Å². The summed E-state index contributed by atoms with van der Waals surface area (Å²) in [5.74, 6) is -1.11. The third-order valence-corrected chi connectivity index (χ3v) is 3.10. The van der Waals surface area contributed by atoms with Crippen LogP contribution in [0, 0.1) is 0 Å². The van der Waals surface area contributed by atoms with E-state index < -0.39 is 18.1 Å². The normalized spacial score (nSPS) is 23.6. The van der Waals surface area contributed by atoms with Gasteiger partial charge < -0.3 is 10.2 Å². The van der Waals surface area contributed by atoms with Crippen LogP contribution in [0.25, 0.3) is 0 Å². The first-order valence-corrected chi connectivity index (χ1v) is 5.37. The number of carbonyl (C=O) groups is 2. The molecule has 0 saturated carbocycles. The molecule has 0 spiro atoms. The van der Waals surface area contributed by atoms with Crippen LogP contribution < -0.4 is 0 Å². The highest BCUT2D eigenvalue weighted by Gasteiger charge is 2.40. The molecule has 2 atom stereocenters. The summed E-state index contributed by atoms with van der Waals surface area (Å²) < 4.78 is 0. The Hall–Kier alpha value is -2.04. The highest BCUT2D eigenvalue weighted by molar-refractivity contribution is 5.80. The molecule has 2 rings (SSSR count). The molecule has 1 fully saturated rings. The number of hydrogen-bond donors (Lipinski definition) is 2. The second-order valence-electron chi connectivity index (χ2n) is 4.13. The highest BCUT2D eigenvalue weighted by atomic mass is 16.4. The van der Waals surface area contributed by atoms with E-state index in [0.717, 1.165) is 10.5 Å². The molecule has 0 aromatic heterocycles. The number of aliphatic carboxylic acids is 1. The molecule has 1 amide bonds. The number of amides is 1. The zero-order valence-corrected chi connectivity index (χ0v) is 9.11. The van der Waals surface area contributed by atoms with Crippen molar-refractivity contribution in [1.82, 2.24) is 4.90 Å². The van der Waals surface area contributed by atoms with Crippen LogP contribution >= 0.6 is 0 Å². The largest absolute Gasteiger partial charge is 0.480 e. The Labute approximate surface area is 98.3 Å². The molecule has 1 aromatic carbocycles. The maximum absolute atomic E-state index is 11.0. The maximum Gasteiger partial charge on any atom is 0.408 e. The van der Waals surface area contributed by atoms with Crippen molar-refractivity contribution in [3.8, 4) is 0 Å². The lowest BCUT2D eigenvalue weighted by atomic mass is 9.96. The topological polar surface area (TPSA) is 77.8 Å². The van der Waals surface area contributed by atoms with Crippen molar-refractivity contribution in [3.63, 3.8) is 0 Å². The minimum Gasteiger partial charge on any atom is -0.480 e. The van der Waals surface area contributed by atoms with Gasteiger partial charge in [0.25, 0.3) is 0 Å². The van der Waals surface area contributed by atoms with Crippen LogP contribution in [0.1, 0.15) is 17.9 Å². The van der Waals surface area contributed by atoms with Gasteiger partial charge in [-0.1, -0.05) is 30.3 Å². The lowest BCUT2D eigenvalue weighted by Gasteiger charge is -2.16. The summed E-state index contributed by atoms with van der Waals surface area (Å²) in [4.78, 5) is 22.9. The van der Waals surface area contributed by atoms with E-state index in [0.29, 0.717) is 6.42 Å². The Morgan fingerprint density at radius 2 is 1.82 bits per heavy atom. The molecule has 5 nitrogen and oxygen atoms in total. The van der Waals surface area contributed by atoms with Gasteiger partial charge in [-0.15, -0.1) is 0 Å². The Kier molecular flexibility index (Phi) is 2.99. The molecule has 2 N–H and O–H groups in total. The summed E-state index contributed by atoms with van der Waals surface area (Å²) in [6.45, 7) is 0.246. The Balaban J connectivity index is 2.20. The van der Waals surface area contributed by atoms with Crippen molar-refractivity contribution in [3.05, 3.63) is 35.9 Å². The van der Waals surface area contributed by atoms with Gasteiger partial charge in [0.05, 0.1) is 0 Å². The Morgan fingerprint density at radius 3 is 2.29 bits per heavy atom. The lowest BCUT2D eigenvalue weighted by Crippen LogP contribution is -2.39. The number of benzene rings is 1. The molecule has 1 aromatic rings. The molecule has 0 unspecified atom stereocenters. The summed E-state index contributed by atoms with van der Waals surface area (Å²) in [6, 6.07) is 8.48. The Bertz CT molecular complexity index is 409. The van der Waals surface area contributed by atoms with E-state index in [-0.39, 0.29) is 12.5 Å². The van der Waals surface area contributed by atoms with E-state index in [1.807, 2.05) is 30.3 Å². The summed E-state index contributed by atoms with van der Waals surface area (Å²) in [5.41, 5.74) is 0.988. The first kappa shape index (κ1) is 11.4. The first-order chi connectivity index (χ1) is 8.09. The van der Waals surface area contributed by atoms with Gasteiger partial charge in [-0.2, -0.15) is 0 Å². The van der Waals surface area contributed by atoms with Crippen molar-refractivity contribution in [1.29, 1.82) is 0 Å². The second-order valence-corrected chi connectivity index (χ2v) is 4.13. The Morgan fingerprint density at radius 1 is 1.18 bits per heavy atom. The molecule has 1 aliphatic heterocycles. The molecule has 5 heteroatoms. The fourth-order valence-electron chi connectivity index (χ4n) is 2.25. The van der Waals surface area contributed by atoms with Crippen LogP contribution in [0.4, 0.5) is 4.79 Å². The van der Waals surface area contributed by atoms with Gasteiger partial charge >= 0.3 is 12.1 Å². The van der Waals surface area contributed by atoms with Crippen molar-refractivity contribution < 1.29 is 19.8 Å². The average Bonchev–Trinajstić information content (AvgIpc) is 2.75. The van der Waals surface area contributed by atoms with E-state index in [9.17, 15) is 9.59 Å². The highest BCUT2D eigenvalue weighted by Crippen LogP contribution is 2.31. The minimum atomic E-state index is -1.17. The quantitative estimate of drug-likeness (QED) is 0.816. The van der Waals surface area contributed by atoms with E-state index in [1.165, 1.54) is 0 Å². The lowest BCUT2D eigenvalue weighted by molar-refractivity contribution is -0.141. The van der Waals surface area contributed by atoms with Crippen LogP contribution in [0.5, 0.6) is 0 Å². The van der Waals surface area contributed by atoms with Crippen LogP contribution in [-0.4, -0.2) is 39.8 Å². The molecule has 17 heavy (non-hydrogen) atoms. The van der Waals surface area contributed by atoms with Crippen molar-refractivity contribution in [2.45, 2.75) is 18.4 Å². The maximum atomic E-state index is 11.0. The third-order valence-electron chi connectivity index (χ3n) is 3.10. The monoisotopic (exact) mass is 235 g/mol. The fourth-order valence-corrected chi connectivity index (χ4v) is 2.25. The van der Waals surface area contributed by atoms with Crippen molar-refractivity contribution >= 4 is 12.1 Å². The van der Waals surface area contributed by atoms with E-state index in [2.05, 4.69) is 0 Å². The minimum absolute atomic E-state index is 0.0339. The fraction of sp³-hybridized carbons (Fsp3) is 0.333. The number of hydrogen-bond acceptors (Lipinski definition) is 2. The zero-order chi connectivity index (χ0) is 12.4. The molecule has 1 saturated heterocycles. The zero-order valence-electron chi connectivity index (χ0n) is 9.11. The van der Waals surface area contributed by atoms with Crippen molar-refractivity contribution in [2.24, 2.45) is 0 Å². The molecule has 1 heterocycles. The van der Waals surface area contributed by atoms with Gasteiger partial charge in [0.1, 0.15) is 6.04 Å². The third kappa shape index (κ3) is 2.22. The van der Waals surface area contributed by atoms with Gasteiger partial charge in [0, 0.05) is 12.5 Å².